The minimum Gasteiger partial charge on any atom is -0.378 e. The van der Waals surface area contributed by atoms with Crippen LogP contribution >= 0.6 is 23.1 Å². The van der Waals surface area contributed by atoms with Crippen LogP contribution in [0.2, 0.25) is 0 Å². The van der Waals surface area contributed by atoms with Gasteiger partial charge in [0.15, 0.2) is 4.34 Å². The third kappa shape index (κ3) is 3.80. The van der Waals surface area contributed by atoms with E-state index in [1.165, 1.54) is 39.6 Å². The van der Waals surface area contributed by atoms with Gasteiger partial charge in [0.2, 0.25) is 11.0 Å². The Morgan fingerprint density at radius 3 is 2.73 bits per heavy atom. The fraction of sp³-hybridized carbons (Fsp3) is 0.333. The Balaban J connectivity index is 1.25. The summed E-state index contributed by atoms with van der Waals surface area (Å²) in [6, 6.07) is 10.1. The Bertz CT molecular complexity index is 1110. The molecule has 2 heterocycles. The van der Waals surface area contributed by atoms with E-state index in [1.54, 1.807) is 4.90 Å². The van der Waals surface area contributed by atoms with E-state index in [1.807, 2.05) is 24.3 Å². The second kappa shape index (κ2) is 8.33. The van der Waals surface area contributed by atoms with E-state index in [2.05, 4.69) is 21.6 Å². The van der Waals surface area contributed by atoms with Crippen LogP contribution < -0.4 is 5.32 Å². The van der Waals surface area contributed by atoms with Crippen LogP contribution in [0.4, 0.5) is 5.13 Å². The molecule has 154 valence electrons. The number of nitrogens with one attached hydrogen (secondary N) is 1. The molecule has 0 atom stereocenters. The lowest BCUT2D eigenvalue weighted by atomic mass is 9.99. The maximum absolute atomic E-state index is 12.9. The largest absolute Gasteiger partial charge is 0.378 e. The maximum atomic E-state index is 12.9. The average molecular weight is 441 g/mol. The molecule has 1 N–H and O–H groups in total. The van der Waals surface area contributed by atoms with E-state index >= 15 is 0 Å². The molecule has 0 saturated carbocycles. The number of amides is 2. The van der Waals surface area contributed by atoms with Crippen molar-refractivity contribution in [2.75, 3.05) is 37.4 Å². The zero-order chi connectivity index (χ0) is 20.5. The lowest BCUT2D eigenvalue weighted by Gasteiger charge is -2.26. The van der Waals surface area contributed by atoms with Gasteiger partial charge < -0.3 is 9.64 Å². The number of rotatable bonds is 5. The fourth-order valence-electron chi connectivity index (χ4n) is 3.96. The number of carbonyl (C=O) groups excluding carboxylic acids is 2. The first-order valence-corrected chi connectivity index (χ1v) is 11.7. The first-order chi connectivity index (χ1) is 14.7. The van der Waals surface area contributed by atoms with Gasteiger partial charge in [0.25, 0.3) is 5.91 Å². The first-order valence-electron chi connectivity index (χ1n) is 9.86. The molecule has 2 aromatic carbocycles. The highest BCUT2D eigenvalue weighted by Crippen LogP contribution is 2.33. The summed E-state index contributed by atoms with van der Waals surface area (Å²) in [5.74, 6) is 0.178. The van der Waals surface area contributed by atoms with E-state index in [9.17, 15) is 9.59 Å². The van der Waals surface area contributed by atoms with Gasteiger partial charge in [-0.2, -0.15) is 0 Å². The third-order valence-electron chi connectivity index (χ3n) is 5.43. The highest BCUT2D eigenvalue weighted by molar-refractivity contribution is 8.01. The lowest BCUT2D eigenvalue weighted by Crippen LogP contribution is -2.41. The van der Waals surface area contributed by atoms with E-state index < -0.39 is 0 Å². The van der Waals surface area contributed by atoms with Gasteiger partial charge in [0.1, 0.15) is 0 Å². The van der Waals surface area contributed by atoms with Crippen LogP contribution in [0.1, 0.15) is 21.5 Å². The van der Waals surface area contributed by atoms with Crippen LogP contribution in [0.25, 0.3) is 10.8 Å². The summed E-state index contributed by atoms with van der Waals surface area (Å²) in [7, 11) is 0. The topological polar surface area (TPSA) is 84.4 Å². The van der Waals surface area contributed by atoms with Gasteiger partial charge in [-0.3, -0.25) is 14.9 Å². The second-order valence-electron chi connectivity index (χ2n) is 7.22. The number of ether oxygens (including phenoxy) is 1. The van der Waals surface area contributed by atoms with Crippen LogP contribution in [0.15, 0.2) is 34.7 Å². The molecule has 0 radical (unpaired) electrons. The summed E-state index contributed by atoms with van der Waals surface area (Å²) in [5.41, 5.74) is 3.25. The number of hydrogen-bond donors (Lipinski definition) is 1. The lowest BCUT2D eigenvalue weighted by molar-refractivity contribution is -0.132. The molecule has 5 rings (SSSR count). The molecule has 3 aromatic rings. The van der Waals surface area contributed by atoms with Gasteiger partial charge in [-0.05, 0) is 40.8 Å². The number of aryl methyl sites for hydroxylation is 2. The summed E-state index contributed by atoms with van der Waals surface area (Å²) in [6.45, 7) is 2.43. The molecule has 1 aliphatic heterocycles. The molecular weight excluding hydrogens is 420 g/mol. The third-order valence-corrected chi connectivity index (χ3v) is 7.39. The van der Waals surface area contributed by atoms with Crippen LogP contribution in [-0.4, -0.2) is 59.0 Å². The zero-order valence-corrected chi connectivity index (χ0v) is 17.9. The zero-order valence-electron chi connectivity index (χ0n) is 16.2. The van der Waals surface area contributed by atoms with Crippen molar-refractivity contribution in [1.29, 1.82) is 0 Å². The van der Waals surface area contributed by atoms with Crippen LogP contribution in [0, 0.1) is 0 Å². The quantitative estimate of drug-likeness (QED) is 0.485. The maximum Gasteiger partial charge on any atom is 0.258 e. The molecule has 0 bridgehead atoms. The predicted molar refractivity (Wildman–Crippen MR) is 117 cm³/mol. The van der Waals surface area contributed by atoms with Crippen molar-refractivity contribution in [2.24, 2.45) is 0 Å². The predicted octanol–water partition coefficient (Wildman–Crippen LogP) is 2.99. The Hall–Kier alpha value is -2.49. The van der Waals surface area contributed by atoms with Crippen molar-refractivity contribution >= 4 is 50.8 Å². The minimum absolute atomic E-state index is 0.0666. The van der Waals surface area contributed by atoms with Gasteiger partial charge in [-0.15, -0.1) is 10.2 Å². The molecule has 2 amide bonds. The molecule has 30 heavy (non-hydrogen) atoms. The van der Waals surface area contributed by atoms with Crippen LogP contribution in [0.5, 0.6) is 0 Å². The average Bonchev–Trinajstić information content (AvgIpc) is 3.41. The summed E-state index contributed by atoms with van der Waals surface area (Å²) in [6.07, 6.45) is 2.05. The van der Waals surface area contributed by atoms with E-state index in [0.717, 1.165) is 18.2 Å². The molecule has 1 fully saturated rings. The number of thioether (sulfide) groups is 1. The molecule has 9 heteroatoms. The number of nitrogens with zero attached hydrogens (tertiary/aromatic N) is 3. The second-order valence-corrected chi connectivity index (χ2v) is 9.42. The van der Waals surface area contributed by atoms with Gasteiger partial charge in [0, 0.05) is 18.7 Å². The van der Waals surface area contributed by atoms with E-state index in [-0.39, 0.29) is 11.8 Å². The summed E-state index contributed by atoms with van der Waals surface area (Å²) < 4.78 is 5.93. The van der Waals surface area contributed by atoms with Gasteiger partial charge in [-0.1, -0.05) is 47.4 Å². The number of anilines is 1. The highest BCUT2D eigenvalue weighted by atomic mass is 32.2. The van der Waals surface area contributed by atoms with E-state index in [4.69, 9.17) is 4.74 Å². The monoisotopic (exact) mass is 440 g/mol. The minimum atomic E-state index is -0.192. The fourth-order valence-corrected chi connectivity index (χ4v) is 5.61. The van der Waals surface area contributed by atoms with Crippen molar-refractivity contribution in [3.63, 3.8) is 0 Å². The van der Waals surface area contributed by atoms with Crippen molar-refractivity contribution < 1.29 is 14.3 Å². The first kappa shape index (κ1) is 19.5. The molecule has 7 nitrogen and oxygen atoms in total. The Morgan fingerprint density at radius 1 is 1.10 bits per heavy atom. The number of carbonyl (C=O) groups is 2. The smallest absolute Gasteiger partial charge is 0.258 e. The molecular formula is C21H20N4O3S2. The molecule has 0 spiro atoms. The summed E-state index contributed by atoms with van der Waals surface area (Å²) >= 11 is 2.62. The Morgan fingerprint density at radius 2 is 1.90 bits per heavy atom. The molecule has 1 aliphatic carbocycles. The highest BCUT2D eigenvalue weighted by Gasteiger charge is 2.20. The molecule has 1 aromatic heterocycles. The van der Waals surface area contributed by atoms with Crippen molar-refractivity contribution in [1.82, 2.24) is 15.1 Å². The van der Waals surface area contributed by atoms with Gasteiger partial charge in [0.05, 0.1) is 19.0 Å². The van der Waals surface area contributed by atoms with Gasteiger partial charge in [-0.25, -0.2) is 0 Å². The standard InChI is InChI=1S/C21H20N4O3S2/c26-17(25-8-10-28-11-9-25)12-29-21-24-23-20(30-21)22-19(27)16-7-6-14-5-4-13-2-1-3-15(16)18(13)14/h1-3,6-7H,4-5,8-12H2,(H,22,23,27). The Kier molecular flexibility index (Phi) is 5.41. The van der Waals surface area contributed by atoms with Crippen molar-refractivity contribution in [2.45, 2.75) is 17.2 Å². The van der Waals surface area contributed by atoms with Crippen LogP contribution in [0.3, 0.4) is 0 Å². The van der Waals surface area contributed by atoms with Crippen molar-refractivity contribution in [3.05, 3.63) is 47.0 Å². The number of hydrogen-bond acceptors (Lipinski definition) is 7. The van der Waals surface area contributed by atoms with Crippen molar-refractivity contribution in [3.8, 4) is 0 Å². The number of morpholine rings is 1. The number of aromatic nitrogens is 2. The normalized spacial score (nSPS) is 15.5. The molecule has 0 unspecified atom stereocenters. The van der Waals surface area contributed by atoms with Crippen LogP contribution in [-0.2, 0) is 22.4 Å². The molecule has 1 saturated heterocycles. The molecule has 2 aliphatic rings. The SMILES string of the molecule is O=C(Nc1nnc(SCC(=O)N2CCOCC2)s1)c1ccc2c3c(cccc13)CC2. The Labute approximate surface area is 181 Å². The summed E-state index contributed by atoms with van der Waals surface area (Å²) in [4.78, 5) is 27.0. The van der Waals surface area contributed by atoms with E-state index in [0.29, 0.717) is 47.1 Å². The van der Waals surface area contributed by atoms with Gasteiger partial charge >= 0.3 is 0 Å². The number of benzene rings is 2. The summed E-state index contributed by atoms with van der Waals surface area (Å²) in [5, 5.41) is 13.7.